The van der Waals surface area contributed by atoms with Gasteiger partial charge in [-0.25, -0.2) is 0 Å². The average molecular weight is 248 g/mol. The predicted octanol–water partition coefficient (Wildman–Crippen LogP) is 2.41. The van der Waals surface area contributed by atoms with Gasteiger partial charge in [0.1, 0.15) is 0 Å². The summed E-state index contributed by atoms with van der Waals surface area (Å²) in [5, 5.41) is 3.34. The molecule has 0 unspecified atom stereocenters. The summed E-state index contributed by atoms with van der Waals surface area (Å²) in [4.78, 5) is 2.41. The largest absolute Gasteiger partial charge is 0.372 e. The van der Waals surface area contributed by atoms with Gasteiger partial charge in [0.25, 0.3) is 0 Å². The first-order valence-corrected chi connectivity index (χ1v) is 6.89. The van der Waals surface area contributed by atoms with Gasteiger partial charge in [-0.15, -0.1) is 0 Å². The molecule has 1 heterocycles. The Morgan fingerprint density at radius 1 is 1.17 bits per heavy atom. The third-order valence-electron chi connectivity index (χ3n) is 3.30. The van der Waals surface area contributed by atoms with Crippen LogP contribution in [0.3, 0.4) is 0 Å². The van der Waals surface area contributed by atoms with Gasteiger partial charge in [0.15, 0.2) is 0 Å². The van der Waals surface area contributed by atoms with Crippen LogP contribution < -0.4 is 10.2 Å². The van der Waals surface area contributed by atoms with Crippen molar-refractivity contribution in [3.8, 4) is 0 Å². The molecule has 2 rings (SSSR count). The fourth-order valence-corrected chi connectivity index (χ4v) is 2.48. The zero-order valence-corrected chi connectivity index (χ0v) is 11.6. The van der Waals surface area contributed by atoms with Crippen LogP contribution in [0.4, 0.5) is 5.69 Å². The van der Waals surface area contributed by atoms with E-state index in [-0.39, 0.29) is 0 Å². The Morgan fingerprint density at radius 3 is 2.33 bits per heavy atom. The van der Waals surface area contributed by atoms with E-state index in [1.165, 1.54) is 11.3 Å². The molecule has 1 fully saturated rings. The van der Waals surface area contributed by atoms with E-state index in [1.54, 1.807) is 0 Å². The van der Waals surface area contributed by atoms with Crippen LogP contribution in [-0.2, 0) is 11.3 Å². The second kappa shape index (κ2) is 6.21. The van der Waals surface area contributed by atoms with Crippen LogP contribution in [0.5, 0.6) is 0 Å². The topological polar surface area (TPSA) is 24.5 Å². The van der Waals surface area contributed by atoms with Gasteiger partial charge < -0.3 is 15.0 Å². The number of nitrogens with one attached hydrogen (secondary N) is 1. The Kier molecular flexibility index (Phi) is 4.61. The van der Waals surface area contributed by atoms with Gasteiger partial charge in [-0.2, -0.15) is 0 Å². The molecule has 18 heavy (non-hydrogen) atoms. The lowest BCUT2D eigenvalue weighted by Crippen LogP contribution is -2.45. The van der Waals surface area contributed by atoms with Gasteiger partial charge in [-0.3, -0.25) is 0 Å². The number of hydrogen-bond donors (Lipinski definition) is 1. The molecule has 0 bridgehead atoms. The summed E-state index contributed by atoms with van der Waals surface area (Å²) in [7, 11) is 0. The smallest absolute Gasteiger partial charge is 0.0726 e. The fraction of sp³-hybridized carbons (Fsp3) is 0.600. The molecule has 0 spiro atoms. The van der Waals surface area contributed by atoms with E-state index in [9.17, 15) is 0 Å². The van der Waals surface area contributed by atoms with E-state index < -0.39 is 0 Å². The van der Waals surface area contributed by atoms with Crippen molar-refractivity contribution in [2.45, 2.75) is 39.5 Å². The van der Waals surface area contributed by atoms with Gasteiger partial charge in [0.05, 0.1) is 12.2 Å². The van der Waals surface area contributed by atoms with Crippen molar-refractivity contribution in [2.75, 3.05) is 24.5 Å². The first-order valence-electron chi connectivity index (χ1n) is 6.89. The lowest BCUT2D eigenvalue weighted by molar-refractivity contribution is -0.00521. The summed E-state index contributed by atoms with van der Waals surface area (Å²) in [5.74, 6) is 0. The molecular weight excluding hydrogens is 224 g/mol. The summed E-state index contributed by atoms with van der Waals surface area (Å²) >= 11 is 0. The van der Waals surface area contributed by atoms with Gasteiger partial charge >= 0.3 is 0 Å². The normalized spacial score (nSPS) is 24.3. The van der Waals surface area contributed by atoms with E-state index in [4.69, 9.17) is 4.74 Å². The molecule has 1 aliphatic heterocycles. The second-order valence-corrected chi connectivity index (χ2v) is 5.11. The summed E-state index contributed by atoms with van der Waals surface area (Å²) < 4.78 is 5.76. The van der Waals surface area contributed by atoms with Crippen molar-refractivity contribution in [1.29, 1.82) is 0 Å². The highest BCUT2D eigenvalue weighted by atomic mass is 16.5. The zero-order chi connectivity index (χ0) is 13.0. The highest BCUT2D eigenvalue weighted by Gasteiger charge is 2.22. The quantitative estimate of drug-likeness (QED) is 0.885. The molecule has 100 valence electrons. The summed E-state index contributed by atoms with van der Waals surface area (Å²) in [6.07, 6.45) is 0.630. The number of ether oxygens (including phenoxy) is 1. The van der Waals surface area contributed by atoms with Crippen molar-refractivity contribution in [3.05, 3.63) is 29.8 Å². The predicted molar refractivity (Wildman–Crippen MR) is 76.0 cm³/mol. The van der Waals surface area contributed by atoms with Crippen molar-refractivity contribution >= 4 is 5.69 Å². The minimum atomic E-state index is 0.315. The molecular formula is C15H24N2O. The molecule has 1 aromatic rings. The van der Waals surface area contributed by atoms with Gasteiger partial charge in [0, 0.05) is 25.3 Å². The summed E-state index contributed by atoms with van der Waals surface area (Å²) in [5.41, 5.74) is 2.65. The van der Waals surface area contributed by atoms with Crippen molar-refractivity contribution < 1.29 is 4.74 Å². The first kappa shape index (κ1) is 13.4. The molecule has 3 nitrogen and oxygen atoms in total. The van der Waals surface area contributed by atoms with Crippen molar-refractivity contribution in [3.63, 3.8) is 0 Å². The molecule has 1 aromatic carbocycles. The Morgan fingerprint density at radius 2 is 1.78 bits per heavy atom. The molecule has 1 aliphatic rings. The molecule has 0 radical (unpaired) electrons. The number of hydrogen-bond acceptors (Lipinski definition) is 3. The highest BCUT2D eigenvalue weighted by Crippen LogP contribution is 2.20. The van der Waals surface area contributed by atoms with E-state index in [0.29, 0.717) is 12.2 Å². The maximum Gasteiger partial charge on any atom is 0.0726 e. The SMILES string of the molecule is CCNCc1ccc(N2C[C@@H](C)O[C@@H](C)C2)cc1. The second-order valence-electron chi connectivity index (χ2n) is 5.11. The number of anilines is 1. The van der Waals surface area contributed by atoms with Gasteiger partial charge in [-0.05, 0) is 38.1 Å². The highest BCUT2D eigenvalue weighted by molar-refractivity contribution is 5.48. The van der Waals surface area contributed by atoms with Gasteiger partial charge in [0.2, 0.25) is 0 Å². The van der Waals surface area contributed by atoms with Gasteiger partial charge in [-0.1, -0.05) is 19.1 Å². The molecule has 2 atom stereocenters. The Balaban J connectivity index is 2.00. The van der Waals surface area contributed by atoms with Crippen molar-refractivity contribution in [2.24, 2.45) is 0 Å². The molecule has 1 N–H and O–H groups in total. The first-order chi connectivity index (χ1) is 8.69. The molecule has 0 aromatic heterocycles. The van der Waals surface area contributed by atoms with E-state index in [2.05, 4.69) is 55.3 Å². The lowest BCUT2D eigenvalue weighted by atomic mass is 10.1. The molecule has 3 heteroatoms. The maximum absolute atomic E-state index is 5.76. The number of rotatable bonds is 4. The average Bonchev–Trinajstić information content (AvgIpc) is 2.36. The van der Waals surface area contributed by atoms with Crippen LogP contribution in [0, 0.1) is 0 Å². The third-order valence-corrected chi connectivity index (χ3v) is 3.30. The monoisotopic (exact) mass is 248 g/mol. The lowest BCUT2D eigenvalue weighted by Gasteiger charge is -2.36. The number of nitrogens with zero attached hydrogens (tertiary/aromatic N) is 1. The fourth-order valence-electron chi connectivity index (χ4n) is 2.48. The van der Waals surface area contributed by atoms with Crippen LogP contribution >= 0.6 is 0 Å². The van der Waals surface area contributed by atoms with Crippen LogP contribution in [-0.4, -0.2) is 31.8 Å². The Bertz CT molecular complexity index is 353. The van der Waals surface area contributed by atoms with Crippen LogP contribution in [0.15, 0.2) is 24.3 Å². The zero-order valence-electron chi connectivity index (χ0n) is 11.6. The minimum absolute atomic E-state index is 0.315. The Labute approximate surface area is 110 Å². The summed E-state index contributed by atoms with van der Waals surface area (Å²) in [6.45, 7) is 10.3. The minimum Gasteiger partial charge on any atom is -0.372 e. The molecule has 1 saturated heterocycles. The molecule has 0 amide bonds. The molecule has 0 saturated carbocycles. The van der Waals surface area contributed by atoms with E-state index in [0.717, 1.165) is 26.2 Å². The Hall–Kier alpha value is -1.06. The third kappa shape index (κ3) is 3.47. The molecule has 0 aliphatic carbocycles. The van der Waals surface area contributed by atoms with Crippen LogP contribution in [0.25, 0.3) is 0 Å². The van der Waals surface area contributed by atoms with E-state index in [1.807, 2.05) is 0 Å². The van der Waals surface area contributed by atoms with Crippen LogP contribution in [0.1, 0.15) is 26.3 Å². The summed E-state index contributed by atoms with van der Waals surface area (Å²) in [6, 6.07) is 8.86. The van der Waals surface area contributed by atoms with Crippen LogP contribution in [0.2, 0.25) is 0 Å². The van der Waals surface area contributed by atoms with E-state index >= 15 is 0 Å². The number of benzene rings is 1. The maximum atomic E-state index is 5.76. The number of morpholine rings is 1. The van der Waals surface area contributed by atoms with Crippen molar-refractivity contribution in [1.82, 2.24) is 5.32 Å². The standard InChI is InChI=1S/C15H24N2O/c1-4-16-9-14-5-7-15(8-6-14)17-10-12(2)18-13(3)11-17/h5-8,12-13,16H,4,9-11H2,1-3H3/t12-,13+.